The maximum Gasteiger partial charge on any atom is 0.303 e. The van der Waals surface area contributed by atoms with Gasteiger partial charge in [0.15, 0.2) is 14.0 Å². The van der Waals surface area contributed by atoms with Gasteiger partial charge in [-0.1, -0.05) is 20.8 Å². The summed E-state index contributed by atoms with van der Waals surface area (Å²) < 4.78 is 13.2. The van der Waals surface area contributed by atoms with Crippen LogP contribution in [0.2, 0.25) is 23.4 Å². The van der Waals surface area contributed by atoms with Crippen LogP contribution in [0.3, 0.4) is 0 Å². The Morgan fingerprint density at radius 3 is 2.60 bits per heavy atom. The lowest BCUT2D eigenvalue weighted by molar-refractivity contribution is -0.142. The number of carbonyl (C=O) groups is 1. The van der Waals surface area contributed by atoms with Gasteiger partial charge in [-0.05, 0) is 29.7 Å². The molecule has 25 heavy (non-hydrogen) atoms. The summed E-state index contributed by atoms with van der Waals surface area (Å²) in [5.74, 6) is 0.237. The van der Waals surface area contributed by atoms with Crippen LogP contribution in [0.1, 0.15) is 33.5 Å². The Hall–Kier alpha value is -1.51. The third-order valence-electron chi connectivity index (χ3n) is 4.53. The van der Waals surface area contributed by atoms with Crippen LogP contribution in [0, 0.1) is 0 Å². The number of hydrogen-bond donors (Lipinski definition) is 0. The van der Waals surface area contributed by atoms with Gasteiger partial charge >= 0.3 is 5.97 Å². The molecule has 0 aliphatic rings. The second-order valence-electron chi connectivity index (χ2n) is 7.42. The summed E-state index contributed by atoms with van der Waals surface area (Å²) in [7, 11) is -1.85. The van der Waals surface area contributed by atoms with Crippen LogP contribution >= 0.6 is 11.6 Å². The van der Waals surface area contributed by atoms with Gasteiger partial charge in [0.05, 0.1) is 12.8 Å². The van der Waals surface area contributed by atoms with Gasteiger partial charge in [0.25, 0.3) is 0 Å². The summed E-state index contributed by atoms with van der Waals surface area (Å²) in [6.45, 7) is 13.5. The molecule has 138 valence electrons. The zero-order chi connectivity index (χ0) is 18.8. The minimum atomic E-state index is -1.85. The van der Waals surface area contributed by atoms with E-state index in [1.165, 1.54) is 6.92 Å². The number of ether oxygens (including phenoxy) is 1. The smallest absolute Gasteiger partial charge is 0.303 e. The number of fused-ring (bicyclic) bond motifs is 1. The number of nitrogens with zero attached hydrogens (tertiary/aromatic N) is 4. The molecule has 0 aliphatic carbocycles. The van der Waals surface area contributed by atoms with E-state index in [2.05, 4.69) is 48.8 Å². The maximum atomic E-state index is 11.1. The molecular weight excluding hydrogens is 360 g/mol. The van der Waals surface area contributed by atoms with Crippen LogP contribution in [0.25, 0.3) is 11.2 Å². The molecule has 7 nitrogen and oxygen atoms in total. The van der Waals surface area contributed by atoms with Crippen molar-refractivity contribution in [1.82, 2.24) is 19.5 Å². The molecule has 2 heterocycles. The van der Waals surface area contributed by atoms with Crippen molar-refractivity contribution in [3.8, 4) is 0 Å². The SMILES string of the molecule is CC(=O)OCc1nc2cnc(Cl)nc2n1CCO[Si](C)(C)C(C)(C)C. The van der Waals surface area contributed by atoms with Crippen molar-refractivity contribution in [3.05, 3.63) is 17.3 Å². The summed E-state index contributed by atoms with van der Waals surface area (Å²) in [5, 5.41) is 0.286. The van der Waals surface area contributed by atoms with Crippen molar-refractivity contribution in [2.24, 2.45) is 0 Å². The van der Waals surface area contributed by atoms with E-state index < -0.39 is 8.32 Å². The Morgan fingerprint density at radius 1 is 1.32 bits per heavy atom. The fourth-order valence-corrected chi connectivity index (χ4v) is 3.23. The van der Waals surface area contributed by atoms with Crippen LogP contribution in [-0.4, -0.2) is 40.4 Å². The van der Waals surface area contributed by atoms with E-state index >= 15 is 0 Å². The lowest BCUT2D eigenvalue weighted by Crippen LogP contribution is -2.41. The third kappa shape index (κ3) is 4.77. The Bertz CT molecular complexity index is 771. The van der Waals surface area contributed by atoms with Crippen LogP contribution in [0.4, 0.5) is 0 Å². The van der Waals surface area contributed by atoms with Gasteiger partial charge in [-0.2, -0.15) is 4.98 Å². The Kier molecular flexibility index (Phi) is 5.85. The third-order valence-corrected chi connectivity index (χ3v) is 9.25. The highest BCUT2D eigenvalue weighted by atomic mass is 35.5. The number of carbonyl (C=O) groups excluding carboxylic acids is 1. The molecule has 0 radical (unpaired) electrons. The van der Waals surface area contributed by atoms with Crippen LogP contribution in [0.15, 0.2) is 6.20 Å². The van der Waals surface area contributed by atoms with Crippen molar-refractivity contribution >= 4 is 37.1 Å². The first-order chi connectivity index (χ1) is 11.5. The van der Waals surface area contributed by atoms with Crippen LogP contribution < -0.4 is 0 Å². The normalized spacial score (nSPS) is 12.6. The Labute approximate surface area is 153 Å². The van der Waals surface area contributed by atoms with Gasteiger partial charge in [0, 0.05) is 13.5 Å². The van der Waals surface area contributed by atoms with Crippen molar-refractivity contribution in [2.75, 3.05) is 6.61 Å². The average Bonchev–Trinajstić information content (AvgIpc) is 2.81. The molecule has 0 saturated carbocycles. The molecule has 0 aliphatic heterocycles. The second kappa shape index (κ2) is 7.39. The minimum absolute atomic E-state index is 0.0728. The van der Waals surface area contributed by atoms with Crippen molar-refractivity contribution in [1.29, 1.82) is 0 Å². The van der Waals surface area contributed by atoms with E-state index in [4.69, 9.17) is 20.8 Å². The van der Waals surface area contributed by atoms with Gasteiger partial charge in [-0.3, -0.25) is 4.79 Å². The molecule has 2 aromatic heterocycles. The molecule has 9 heteroatoms. The van der Waals surface area contributed by atoms with Gasteiger partial charge in [-0.25, -0.2) is 9.97 Å². The van der Waals surface area contributed by atoms with Crippen LogP contribution in [0.5, 0.6) is 0 Å². The van der Waals surface area contributed by atoms with Crippen molar-refractivity contribution in [2.45, 2.75) is 59.0 Å². The Morgan fingerprint density at radius 2 is 2.00 bits per heavy atom. The molecule has 0 saturated heterocycles. The highest BCUT2D eigenvalue weighted by Crippen LogP contribution is 2.36. The van der Waals surface area contributed by atoms with Gasteiger partial charge < -0.3 is 13.7 Å². The summed E-state index contributed by atoms with van der Waals surface area (Å²) in [6.07, 6.45) is 1.56. The maximum absolute atomic E-state index is 11.1. The minimum Gasteiger partial charge on any atom is -0.458 e. The molecule has 0 atom stereocenters. The van der Waals surface area contributed by atoms with E-state index in [1.807, 2.05) is 4.57 Å². The highest BCUT2D eigenvalue weighted by molar-refractivity contribution is 6.74. The molecule has 0 aromatic carbocycles. The van der Waals surface area contributed by atoms with Crippen molar-refractivity contribution in [3.63, 3.8) is 0 Å². The topological polar surface area (TPSA) is 79.1 Å². The molecule has 2 aromatic rings. The predicted octanol–water partition coefficient (Wildman–Crippen LogP) is 3.56. The molecule has 0 amide bonds. The predicted molar refractivity (Wildman–Crippen MR) is 99.0 cm³/mol. The molecule has 0 spiro atoms. The molecule has 2 rings (SSSR count). The van der Waals surface area contributed by atoms with Crippen LogP contribution in [-0.2, 0) is 27.1 Å². The first kappa shape index (κ1) is 19.8. The van der Waals surface area contributed by atoms with E-state index in [9.17, 15) is 4.79 Å². The highest BCUT2D eigenvalue weighted by Gasteiger charge is 2.37. The van der Waals surface area contributed by atoms with E-state index in [0.29, 0.717) is 30.1 Å². The number of hydrogen-bond acceptors (Lipinski definition) is 6. The zero-order valence-electron chi connectivity index (χ0n) is 15.6. The standard InChI is InChI=1S/C16H25ClN4O3Si/c1-11(22)23-10-13-19-12-9-18-15(17)20-14(12)21(13)7-8-24-25(5,6)16(2,3)4/h9H,7-8,10H2,1-6H3. The lowest BCUT2D eigenvalue weighted by atomic mass is 10.2. The zero-order valence-corrected chi connectivity index (χ0v) is 17.3. The van der Waals surface area contributed by atoms with Gasteiger partial charge in [0.1, 0.15) is 17.9 Å². The fraction of sp³-hybridized carbons (Fsp3) is 0.625. The van der Waals surface area contributed by atoms with Crippen molar-refractivity contribution < 1.29 is 14.0 Å². The fourth-order valence-electron chi connectivity index (χ4n) is 2.06. The number of halogens is 1. The van der Waals surface area contributed by atoms with E-state index in [1.54, 1.807) is 6.20 Å². The molecule has 0 fully saturated rings. The molecule has 0 unspecified atom stereocenters. The number of imidazole rings is 1. The van der Waals surface area contributed by atoms with E-state index in [-0.39, 0.29) is 22.9 Å². The number of aromatic nitrogens is 4. The molecule has 0 N–H and O–H groups in total. The van der Waals surface area contributed by atoms with Gasteiger partial charge in [-0.15, -0.1) is 0 Å². The van der Waals surface area contributed by atoms with E-state index in [0.717, 1.165) is 0 Å². The summed E-state index contributed by atoms with van der Waals surface area (Å²) >= 11 is 5.92. The monoisotopic (exact) mass is 384 g/mol. The summed E-state index contributed by atoms with van der Waals surface area (Å²) in [6, 6.07) is 0. The lowest BCUT2D eigenvalue weighted by Gasteiger charge is -2.36. The van der Waals surface area contributed by atoms with Gasteiger partial charge in [0.2, 0.25) is 5.28 Å². The largest absolute Gasteiger partial charge is 0.458 e. The first-order valence-electron chi connectivity index (χ1n) is 8.16. The summed E-state index contributed by atoms with van der Waals surface area (Å²) in [5.41, 5.74) is 1.22. The Balaban J connectivity index is 2.23. The molecule has 0 bridgehead atoms. The summed E-state index contributed by atoms with van der Waals surface area (Å²) in [4.78, 5) is 23.8. The average molecular weight is 385 g/mol. The quantitative estimate of drug-likeness (QED) is 0.430. The number of rotatable bonds is 6. The number of esters is 1. The first-order valence-corrected chi connectivity index (χ1v) is 11.4. The second-order valence-corrected chi connectivity index (χ2v) is 12.6. The molecular formula is C16H25ClN4O3Si.